The van der Waals surface area contributed by atoms with Crippen molar-refractivity contribution >= 4 is 22.7 Å². The van der Waals surface area contributed by atoms with Crippen molar-refractivity contribution in [2.75, 3.05) is 18.0 Å². The van der Waals surface area contributed by atoms with E-state index in [1.54, 1.807) is 11.6 Å². The second kappa shape index (κ2) is 5.26. The fourth-order valence-corrected chi connectivity index (χ4v) is 2.84. The molecular formula is C14H14FN5O2. The molecule has 1 atom stereocenters. The Morgan fingerprint density at radius 1 is 1.55 bits per heavy atom. The maximum absolute atomic E-state index is 13.6. The number of alkyl halides is 1. The topological polar surface area (TPSA) is 88.0 Å². The lowest BCUT2D eigenvalue weighted by Gasteiger charge is -2.29. The summed E-state index contributed by atoms with van der Waals surface area (Å²) in [6.45, 7) is 0.967. The van der Waals surface area contributed by atoms with Crippen molar-refractivity contribution < 1.29 is 9.31 Å². The Bertz CT molecular complexity index is 795. The van der Waals surface area contributed by atoms with Crippen molar-refractivity contribution in [1.82, 2.24) is 9.55 Å². The van der Waals surface area contributed by atoms with E-state index in [4.69, 9.17) is 5.26 Å². The lowest BCUT2D eigenvalue weighted by molar-refractivity contribution is -0.385. The normalized spacial score (nSPS) is 18.4. The largest absolute Gasteiger partial charge is 0.339 e. The summed E-state index contributed by atoms with van der Waals surface area (Å²) in [5, 5.41) is 20.1. The molecule has 2 heterocycles. The molecule has 22 heavy (non-hydrogen) atoms. The summed E-state index contributed by atoms with van der Waals surface area (Å²) in [5.41, 5.74) is 0.790. The van der Waals surface area contributed by atoms with E-state index in [1.807, 2.05) is 11.0 Å². The lowest BCUT2D eigenvalue weighted by atomic mass is 10.1. The minimum atomic E-state index is -0.891. The molecule has 0 spiro atoms. The van der Waals surface area contributed by atoms with Crippen LogP contribution >= 0.6 is 0 Å². The van der Waals surface area contributed by atoms with Gasteiger partial charge in [0.25, 0.3) is 5.69 Å². The van der Waals surface area contributed by atoms with Gasteiger partial charge >= 0.3 is 0 Å². The quantitative estimate of drug-likeness (QED) is 0.627. The standard InChI is InChI=1S/C14H14FN5O2/c1-18-13-5-9(7-16)12(20(21)22)6-11(13)17-14(18)19-4-2-3-10(15)8-19/h5-6,10H,2-4,8H2,1H3. The Labute approximate surface area is 125 Å². The first-order chi connectivity index (χ1) is 10.5. The molecule has 3 rings (SSSR count). The van der Waals surface area contributed by atoms with Gasteiger partial charge in [-0.1, -0.05) is 0 Å². The molecule has 2 aromatic rings. The van der Waals surface area contributed by atoms with Gasteiger partial charge in [0.05, 0.1) is 22.5 Å². The third kappa shape index (κ3) is 2.24. The second-order valence-corrected chi connectivity index (χ2v) is 5.38. The highest BCUT2D eigenvalue weighted by Gasteiger charge is 2.25. The second-order valence-electron chi connectivity index (χ2n) is 5.38. The predicted octanol–water partition coefficient (Wildman–Crippen LogP) is 2.29. The number of aromatic nitrogens is 2. The van der Waals surface area contributed by atoms with Gasteiger partial charge < -0.3 is 9.47 Å². The van der Waals surface area contributed by atoms with E-state index < -0.39 is 11.1 Å². The number of benzene rings is 1. The van der Waals surface area contributed by atoms with Gasteiger partial charge in [0, 0.05) is 19.7 Å². The fourth-order valence-electron chi connectivity index (χ4n) is 2.84. The molecule has 1 aliphatic heterocycles. The van der Waals surface area contributed by atoms with Gasteiger partial charge in [0.15, 0.2) is 0 Å². The number of nitro groups is 1. The van der Waals surface area contributed by atoms with Crippen LogP contribution in [0, 0.1) is 21.4 Å². The van der Waals surface area contributed by atoms with Crippen molar-refractivity contribution in [2.45, 2.75) is 19.0 Å². The molecule has 0 saturated carbocycles. The summed E-state index contributed by atoms with van der Waals surface area (Å²) >= 11 is 0. The highest BCUT2D eigenvalue weighted by molar-refractivity contribution is 5.83. The molecule has 0 radical (unpaired) electrons. The minimum Gasteiger partial charge on any atom is -0.339 e. The molecule has 0 bridgehead atoms. The SMILES string of the molecule is Cn1c(N2CCCC(F)C2)nc2cc([N+](=O)[O-])c(C#N)cc21. The van der Waals surface area contributed by atoms with E-state index in [1.165, 1.54) is 12.1 Å². The van der Waals surface area contributed by atoms with Crippen molar-refractivity contribution in [1.29, 1.82) is 5.26 Å². The maximum atomic E-state index is 13.6. The smallest absolute Gasteiger partial charge is 0.289 e. The Kier molecular flexibility index (Phi) is 3.41. The first kappa shape index (κ1) is 14.3. The Balaban J connectivity index is 2.12. The number of nitro benzene ring substituents is 1. The molecular weight excluding hydrogens is 289 g/mol. The van der Waals surface area contributed by atoms with Crippen LogP contribution in [0.3, 0.4) is 0 Å². The van der Waals surface area contributed by atoms with Crippen molar-refractivity contribution in [3.8, 4) is 6.07 Å². The van der Waals surface area contributed by atoms with E-state index in [-0.39, 0.29) is 17.8 Å². The molecule has 0 aliphatic carbocycles. The average Bonchev–Trinajstić information content (AvgIpc) is 2.82. The van der Waals surface area contributed by atoms with Crippen LogP contribution in [0.1, 0.15) is 18.4 Å². The van der Waals surface area contributed by atoms with Crippen LogP contribution in [0.15, 0.2) is 12.1 Å². The van der Waals surface area contributed by atoms with E-state index >= 15 is 0 Å². The minimum absolute atomic E-state index is 0.00550. The van der Waals surface area contributed by atoms with Crippen LogP contribution in [0.4, 0.5) is 16.0 Å². The van der Waals surface area contributed by atoms with Gasteiger partial charge in [-0.05, 0) is 18.9 Å². The molecule has 1 aliphatic rings. The van der Waals surface area contributed by atoms with Gasteiger partial charge in [-0.3, -0.25) is 10.1 Å². The molecule has 1 aromatic carbocycles. The number of piperidine rings is 1. The fraction of sp³-hybridized carbons (Fsp3) is 0.429. The summed E-state index contributed by atoms with van der Waals surface area (Å²) in [6, 6.07) is 4.59. The number of nitrogens with zero attached hydrogens (tertiary/aromatic N) is 5. The number of anilines is 1. The number of imidazole rings is 1. The Morgan fingerprint density at radius 2 is 2.32 bits per heavy atom. The van der Waals surface area contributed by atoms with Crippen LogP contribution in [0.25, 0.3) is 11.0 Å². The van der Waals surface area contributed by atoms with Crippen LogP contribution in [-0.4, -0.2) is 33.7 Å². The molecule has 1 fully saturated rings. The summed E-state index contributed by atoms with van der Waals surface area (Å²) in [7, 11) is 1.76. The molecule has 1 unspecified atom stereocenters. The van der Waals surface area contributed by atoms with E-state index in [2.05, 4.69) is 4.98 Å². The van der Waals surface area contributed by atoms with Crippen molar-refractivity contribution in [3.05, 3.63) is 27.8 Å². The number of fused-ring (bicyclic) bond motifs is 1. The molecule has 7 nitrogen and oxygen atoms in total. The highest BCUT2D eigenvalue weighted by atomic mass is 19.1. The molecule has 1 saturated heterocycles. The van der Waals surface area contributed by atoms with Gasteiger partial charge in [0.1, 0.15) is 17.8 Å². The van der Waals surface area contributed by atoms with E-state index in [9.17, 15) is 14.5 Å². The number of rotatable bonds is 2. The van der Waals surface area contributed by atoms with Crippen LogP contribution in [-0.2, 0) is 7.05 Å². The first-order valence-corrected chi connectivity index (χ1v) is 6.95. The zero-order valence-corrected chi connectivity index (χ0v) is 12.0. The number of halogens is 1. The van der Waals surface area contributed by atoms with Crippen LogP contribution in [0.2, 0.25) is 0 Å². The van der Waals surface area contributed by atoms with Gasteiger partial charge in [-0.2, -0.15) is 5.26 Å². The number of nitriles is 1. The van der Waals surface area contributed by atoms with E-state index in [0.29, 0.717) is 29.9 Å². The summed E-state index contributed by atoms with van der Waals surface area (Å²) in [4.78, 5) is 16.7. The molecule has 114 valence electrons. The summed E-state index contributed by atoms with van der Waals surface area (Å²) < 4.78 is 15.3. The molecule has 0 amide bonds. The van der Waals surface area contributed by atoms with Crippen molar-refractivity contribution in [2.24, 2.45) is 7.05 Å². The van der Waals surface area contributed by atoms with Gasteiger partial charge in [0.2, 0.25) is 5.95 Å². The van der Waals surface area contributed by atoms with Crippen LogP contribution < -0.4 is 4.90 Å². The van der Waals surface area contributed by atoms with Gasteiger partial charge in [-0.15, -0.1) is 0 Å². The monoisotopic (exact) mass is 303 g/mol. The lowest BCUT2D eigenvalue weighted by Crippen LogP contribution is -2.37. The third-order valence-corrected chi connectivity index (χ3v) is 3.94. The number of aryl methyl sites for hydroxylation is 1. The predicted molar refractivity (Wildman–Crippen MR) is 78.4 cm³/mol. The summed E-state index contributed by atoms with van der Waals surface area (Å²) in [5.74, 6) is 0.571. The maximum Gasteiger partial charge on any atom is 0.289 e. The van der Waals surface area contributed by atoms with Crippen molar-refractivity contribution in [3.63, 3.8) is 0 Å². The number of hydrogen-bond acceptors (Lipinski definition) is 5. The molecule has 1 aromatic heterocycles. The first-order valence-electron chi connectivity index (χ1n) is 6.95. The molecule has 8 heteroatoms. The Hall–Kier alpha value is -2.69. The third-order valence-electron chi connectivity index (χ3n) is 3.94. The van der Waals surface area contributed by atoms with Gasteiger partial charge in [-0.25, -0.2) is 9.37 Å². The average molecular weight is 303 g/mol. The van der Waals surface area contributed by atoms with E-state index in [0.717, 1.165) is 6.42 Å². The number of hydrogen-bond donors (Lipinski definition) is 0. The summed E-state index contributed by atoms with van der Waals surface area (Å²) in [6.07, 6.45) is 0.399. The zero-order valence-electron chi connectivity index (χ0n) is 12.0. The van der Waals surface area contributed by atoms with Crippen LogP contribution in [0.5, 0.6) is 0 Å². The zero-order chi connectivity index (χ0) is 15.9. The Morgan fingerprint density at radius 3 is 2.95 bits per heavy atom. The highest BCUT2D eigenvalue weighted by Crippen LogP contribution is 2.29. The molecule has 0 N–H and O–H groups in total.